The van der Waals surface area contributed by atoms with Crippen LogP contribution in [0.3, 0.4) is 0 Å². The maximum absolute atomic E-state index is 10.8. The average Bonchev–Trinajstić information content (AvgIpc) is 2.14. The van der Waals surface area contributed by atoms with Crippen molar-refractivity contribution in [1.82, 2.24) is 0 Å². The first-order chi connectivity index (χ1) is 6.20. The third-order valence-electron chi connectivity index (χ3n) is 1.58. The maximum atomic E-state index is 10.8. The number of methoxy groups -OCH3 is 1. The summed E-state index contributed by atoms with van der Waals surface area (Å²) < 4.78 is 4.53. The summed E-state index contributed by atoms with van der Waals surface area (Å²) in [5.74, 6) is -0.166. The lowest BCUT2D eigenvalue weighted by Crippen LogP contribution is -1.99. The monoisotopic (exact) mass is 180 g/mol. The zero-order valence-corrected chi connectivity index (χ0v) is 8.25. The van der Waals surface area contributed by atoms with Crippen LogP contribution < -0.4 is 0 Å². The van der Waals surface area contributed by atoms with Crippen LogP contribution >= 0.6 is 0 Å². The van der Waals surface area contributed by atoms with Gasteiger partial charge in [-0.1, -0.05) is 36.5 Å². The van der Waals surface area contributed by atoms with Crippen molar-refractivity contribution in [1.29, 1.82) is 0 Å². The van der Waals surface area contributed by atoms with Gasteiger partial charge in [0.15, 0.2) is 0 Å². The number of esters is 1. The predicted molar refractivity (Wildman–Crippen MR) is 54.3 cm³/mol. The van der Waals surface area contributed by atoms with E-state index in [9.17, 15) is 4.79 Å². The van der Waals surface area contributed by atoms with E-state index in [-0.39, 0.29) is 5.97 Å². The first-order valence-electron chi connectivity index (χ1n) is 4.22. The molecule has 2 nitrogen and oxygen atoms in total. The van der Waals surface area contributed by atoms with Gasteiger partial charge < -0.3 is 4.74 Å². The molecule has 0 aromatic rings. The van der Waals surface area contributed by atoms with Crippen molar-refractivity contribution >= 4 is 5.97 Å². The Hall–Kier alpha value is -1.31. The summed E-state index contributed by atoms with van der Waals surface area (Å²) in [6, 6.07) is 0. The van der Waals surface area contributed by atoms with E-state index < -0.39 is 0 Å². The summed E-state index contributed by atoms with van der Waals surface area (Å²) in [5, 5.41) is 0. The number of rotatable bonds is 5. The molecule has 0 heterocycles. The summed E-state index contributed by atoms with van der Waals surface area (Å²) >= 11 is 0. The van der Waals surface area contributed by atoms with Crippen LogP contribution in [-0.2, 0) is 9.53 Å². The minimum atomic E-state index is -0.166. The summed E-state index contributed by atoms with van der Waals surface area (Å²) in [6.07, 6.45) is 8.62. The number of hydrogen-bond acceptors (Lipinski definition) is 2. The molecule has 0 aromatic carbocycles. The van der Waals surface area contributed by atoms with Crippen molar-refractivity contribution < 1.29 is 9.53 Å². The van der Waals surface area contributed by atoms with Crippen molar-refractivity contribution in [3.63, 3.8) is 0 Å². The van der Waals surface area contributed by atoms with E-state index in [0.717, 1.165) is 12.0 Å². The maximum Gasteiger partial charge on any atom is 0.305 e. The Bertz CT molecular complexity index is 224. The third kappa shape index (κ3) is 7.06. The van der Waals surface area contributed by atoms with E-state index >= 15 is 0 Å². The van der Waals surface area contributed by atoms with Crippen LogP contribution in [0, 0.1) is 0 Å². The number of hydrogen-bond donors (Lipinski definition) is 0. The summed E-state index contributed by atoms with van der Waals surface area (Å²) in [7, 11) is 1.40. The Morgan fingerprint density at radius 2 is 2.08 bits per heavy atom. The Morgan fingerprint density at radius 3 is 2.62 bits per heavy atom. The largest absolute Gasteiger partial charge is 0.469 e. The first kappa shape index (κ1) is 11.7. The van der Waals surface area contributed by atoms with Gasteiger partial charge in [-0.3, -0.25) is 4.79 Å². The van der Waals surface area contributed by atoms with Gasteiger partial charge in [0.05, 0.1) is 7.11 Å². The Balaban J connectivity index is 3.79. The van der Waals surface area contributed by atoms with E-state index in [1.165, 1.54) is 7.11 Å². The van der Waals surface area contributed by atoms with Crippen molar-refractivity contribution in [3.05, 3.63) is 36.5 Å². The standard InChI is InChI=1S/C11H16O2/c1-4-5-6-7-10(2)8-9-11(12)13-3/h4-7H,1,8-9H2,2-3H3/b6-5-,10-7+. The molecule has 0 aliphatic carbocycles. The lowest BCUT2D eigenvalue weighted by Gasteiger charge is -1.98. The van der Waals surface area contributed by atoms with E-state index in [1.807, 2.05) is 25.2 Å². The molecule has 0 aliphatic rings. The lowest BCUT2D eigenvalue weighted by atomic mass is 10.1. The Kier molecular flexibility index (Phi) is 6.60. The van der Waals surface area contributed by atoms with Gasteiger partial charge >= 0.3 is 5.97 Å². The molecule has 0 saturated heterocycles. The van der Waals surface area contributed by atoms with Gasteiger partial charge in [-0.15, -0.1) is 0 Å². The smallest absolute Gasteiger partial charge is 0.305 e. The van der Waals surface area contributed by atoms with Crippen LogP contribution in [-0.4, -0.2) is 13.1 Å². The van der Waals surface area contributed by atoms with Crippen LogP contribution in [0.1, 0.15) is 19.8 Å². The zero-order chi connectivity index (χ0) is 10.1. The number of allylic oxidation sites excluding steroid dienone is 5. The van der Waals surface area contributed by atoms with Crippen molar-refractivity contribution in [2.45, 2.75) is 19.8 Å². The fourth-order valence-electron chi connectivity index (χ4n) is 0.783. The Labute approximate surface area is 79.6 Å². The molecule has 0 radical (unpaired) electrons. The predicted octanol–water partition coefficient (Wildman–Crippen LogP) is 2.63. The van der Waals surface area contributed by atoms with E-state index in [4.69, 9.17) is 0 Å². The van der Waals surface area contributed by atoms with Gasteiger partial charge in [0.25, 0.3) is 0 Å². The molecule has 0 bridgehead atoms. The quantitative estimate of drug-likeness (QED) is 0.480. The summed E-state index contributed by atoms with van der Waals surface area (Å²) in [6.45, 7) is 5.54. The first-order valence-corrected chi connectivity index (χ1v) is 4.22. The van der Waals surface area contributed by atoms with Gasteiger partial charge in [0, 0.05) is 6.42 Å². The molecule has 0 aliphatic heterocycles. The fourth-order valence-corrected chi connectivity index (χ4v) is 0.783. The molecule has 0 unspecified atom stereocenters. The molecule has 0 atom stereocenters. The molecule has 0 fully saturated rings. The van der Waals surface area contributed by atoms with Crippen LogP contribution in [0.2, 0.25) is 0 Å². The molecular formula is C11H16O2. The molecule has 0 amide bonds. The van der Waals surface area contributed by atoms with Crippen LogP contribution in [0.15, 0.2) is 36.5 Å². The van der Waals surface area contributed by atoms with Gasteiger partial charge in [-0.25, -0.2) is 0 Å². The van der Waals surface area contributed by atoms with Crippen LogP contribution in [0.5, 0.6) is 0 Å². The number of ether oxygens (including phenoxy) is 1. The van der Waals surface area contributed by atoms with Gasteiger partial charge in [0.1, 0.15) is 0 Å². The molecule has 0 saturated carbocycles. The second-order valence-electron chi connectivity index (χ2n) is 2.71. The molecular weight excluding hydrogens is 164 g/mol. The van der Waals surface area contributed by atoms with E-state index in [1.54, 1.807) is 6.08 Å². The summed E-state index contributed by atoms with van der Waals surface area (Å²) in [4.78, 5) is 10.8. The van der Waals surface area contributed by atoms with Gasteiger partial charge in [-0.05, 0) is 13.3 Å². The number of carbonyl (C=O) groups excluding carboxylic acids is 1. The molecule has 2 heteroatoms. The summed E-state index contributed by atoms with van der Waals surface area (Å²) in [5.41, 5.74) is 1.16. The highest BCUT2D eigenvalue weighted by Crippen LogP contribution is 2.04. The topological polar surface area (TPSA) is 26.3 Å². The van der Waals surface area contributed by atoms with Crippen molar-refractivity contribution in [2.75, 3.05) is 7.11 Å². The Morgan fingerprint density at radius 1 is 1.38 bits per heavy atom. The minimum absolute atomic E-state index is 0.166. The highest BCUT2D eigenvalue weighted by Gasteiger charge is 1.98. The molecule has 0 rings (SSSR count). The van der Waals surface area contributed by atoms with Crippen LogP contribution in [0.25, 0.3) is 0 Å². The second-order valence-corrected chi connectivity index (χ2v) is 2.71. The third-order valence-corrected chi connectivity index (χ3v) is 1.58. The van der Waals surface area contributed by atoms with Crippen molar-refractivity contribution in [3.8, 4) is 0 Å². The van der Waals surface area contributed by atoms with Crippen molar-refractivity contribution in [2.24, 2.45) is 0 Å². The number of carbonyl (C=O) groups is 1. The van der Waals surface area contributed by atoms with Gasteiger partial charge in [0.2, 0.25) is 0 Å². The lowest BCUT2D eigenvalue weighted by molar-refractivity contribution is -0.140. The minimum Gasteiger partial charge on any atom is -0.469 e. The second kappa shape index (κ2) is 7.35. The molecule has 0 N–H and O–H groups in total. The molecule has 13 heavy (non-hydrogen) atoms. The average molecular weight is 180 g/mol. The van der Waals surface area contributed by atoms with Gasteiger partial charge in [-0.2, -0.15) is 0 Å². The zero-order valence-electron chi connectivity index (χ0n) is 8.25. The van der Waals surface area contributed by atoms with E-state index in [0.29, 0.717) is 6.42 Å². The van der Waals surface area contributed by atoms with E-state index in [2.05, 4.69) is 11.3 Å². The molecule has 0 aromatic heterocycles. The highest BCUT2D eigenvalue weighted by atomic mass is 16.5. The fraction of sp³-hybridized carbons (Fsp3) is 0.364. The van der Waals surface area contributed by atoms with Crippen LogP contribution in [0.4, 0.5) is 0 Å². The molecule has 72 valence electrons. The highest BCUT2D eigenvalue weighted by molar-refractivity contribution is 5.69. The SMILES string of the molecule is C=C/C=C\C=C(/C)CCC(=O)OC. The molecule has 0 spiro atoms. The normalized spacial score (nSPS) is 11.7.